The van der Waals surface area contributed by atoms with Gasteiger partial charge in [0.15, 0.2) is 12.0 Å². The van der Waals surface area contributed by atoms with Crippen LogP contribution in [0.5, 0.6) is 5.75 Å². The van der Waals surface area contributed by atoms with E-state index < -0.39 is 12.6 Å². The third kappa shape index (κ3) is 3.30. The van der Waals surface area contributed by atoms with Gasteiger partial charge in [0.2, 0.25) is 0 Å². The number of carbonyl (C=O) groups is 1. The Balaban J connectivity index is 2.24. The fraction of sp³-hybridized carbons (Fsp3) is 0.235. The Kier molecular flexibility index (Phi) is 4.85. The van der Waals surface area contributed by atoms with Gasteiger partial charge in [0.25, 0.3) is 6.43 Å². The standard InChI is InChI=1S/C17H15F3O2/c1-10-9-13(7-8-14(10)22-2)16(21)12-5-3-11(4-6-12)15(18)17(19)20/h3-9,15,17H,1-2H3. The van der Waals surface area contributed by atoms with Gasteiger partial charge in [-0.15, -0.1) is 0 Å². The molecular formula is C17H15F3O2. The number of alkyl halides is 3. The van der Waals surface area contributed by atoms with Gasteiger partial charge in [0, 0.05) is 11.1 Å². The Labute approximate surface area is 126 Å². The summed E-state index contributed by atoms with van der Waals surface area (Å²) in [5, 5.41) is 0. The minimum atomic E-state index is -3.08. The highest BCUT2D eigenvalue weighted by Crippen LogP contribution is 2.26. The normalized spacial score (nSPS) is 12.3. The molecule has 0 N–H and O–H groups in total. The number of methoxy groups -OCH3 is 1. The SMILES string of the molecule is COc1ccc(C(=O)c2ccc(C(F)C(F)F)cc2)cc1C. The molecule has 5 heteroatoms. The minimum Gasteiger partial charge on any atom is -0.496 e. The van der Waals surface area contributed by atoms with Crippen molar-refractivity contribution in [1.29, 1.82) is 0 Å². The van der Waals surface area contributed by atoms with E-state index in [1.165, 1.54) is 24.3 Å². The van der Waals surface area contributed by atoms with Crippen LogP contribution in [0.3, 0.4) is 0 Å². The van der Waals surface area contributed by atoms with Crippen LogP contribution >= 0.6 is 0 Å². The van der Waals surface area contributed by atoms with E-state index in [0.717, 1.165) is 5.56 Å². The molecule has 0 fully saturated rings. The average Bonchev–Trinajstić information content (AvgIpc) is 2.53. The summed E-state index contributed by atoms with van der Waals surface area (Å²) in [4.78, 5) is 12.3. The number of rotatable bonds is 5. The second kappa shape index (κ2) is 6.64. The summed E-state index contributed by atoms with van der Waals surface area (Å²) in [7, 11) is 1.54. The number of hydrogen-bond acceptors (Lipinski definition) is 2. The maximum Gasteiger partial charge on any atom is 0.273 e. The van der Waals surface area contributed by atoms with Crippen LogP contribution < -0.4 is 4.74 Å². The summed E-state index contributed by atoms with van der Waals surface area (Å²) in [6, 6.07) is 10.1. The lowest BCUT2D eigenvalue weighted by atomic mass is 9.99. The number of carbonyl (C=O) groups excluding carboxylic acids is 1. The molecule has 22 heavy (non-hydrogen) atoms. The minimum absolute atomic E-state index is 0.141. The number of ketones is 1. The molecule has 0 spiro atoms. The molecule has 2 aromatic carbocycles. The quantitative estimate of drug-likeness (QED) is 0.760. The summed E-state index contributed by atoms with van der Waals surface area (Å²) in [5.74, 6) is 0.411. The van der Waals surface area contributed by atoms with Gasteiger partial charge in [0.05, 0.1) is 7.11 Å². The van der Waals surface area contributed by atoms with Crippen LogP contribution in [0.4, 0.5) is 13.2 Å². The predicted molar refractivity (Wildman–Crippen MR) is 77.5 cm³/mol. The first-order valence-electron chi connectivity index (χ1n) is 6.65. The van der Waals surface area contributed by atoms with Gasteiger partial charge >= 0.3 is 0 Å². The summed E-state index contributed by atoms with van der Waals surface area (Å²) >= 11 is 0. The van der Waals surface area contributed by atoms with Crippen molar-refractivity contribution in [3.05, 3.63) is 64.7 Å². The van der Waals surface area contributed by atoms with Gasteiger partial charge in [0.1, 0.15) is 5.75 Å². The van der Waals surface area contributed by atoms with E-state index in [0.29, 0.717) is 16.9 Å². The topological polar surface area (TPSA) is 26.3 Å². The van der Waals surface area contributed by atoms with Gasteiger partial charge in [-0.25, -0.2) is 13.2 Å². The predicted octanol–water partition coefficient (Wildman–Crippen LogP) is 4.51. The molecule has 0 amide bonds. The third-order valence-corrected chi connectivity index (χ3v) is 3.37. The van der Waals surface area contributed by atoms with Crippen LogP contribution in [-0.2, 0) is 0 Å². The molecule has 116 valence electrons. The molecule has 0 aromatic heterocycles. The van der Waals surface area contributed by atoms with Crippen LogP contribution in [0.25, 0.3) is 0 Å². The smallest absolute Gasteiger partial charge is 0.273 e. The Morgan fingerprint density at radius 1 is 1.00 bits per heavy atom. The van der Waals surface area contributed by atoms with Crippen LogP contribution in [-0.4, -0.2) is 19.3 Å². The highest BCUT2D eigenvalue weighted by Gasteiger charge is 2.21. The molecule has 0 heterocycles. The van der Waals surface area contributed by atoms with Crippen molar-refractivity contribution in [2.45, 2.75) is 19.5 Å². The molecule has 2 rings (SSSR count). The van der Waals surface area contributed by atoms with Crippen molar-refractivity contribution >= 4 is 5.78 Å². The first-order chi connectivity index (χ1) is 10.4. The molecule has 0 aliphatic heterocycles. The molecule has 1 atom stereocenters. The maximum atomic E-state index is 13.2. The maximum absolute atomic E-state index is 13.2. The molecule has 0 aliphatic carbocycles. The van der Waals surface area contributed by atoms with Crippen LogP contribution in [0.1, 0.15) is 33.2 Å². The first kappa shape index (κ1) is 16.1. The number of hydrogen-bond donors (Lipinski definition) is 0. The van der Waals surface area contributed by atoms with Crippen molar-refractivity contribution in [2.75, 3.05) is 7.11 Å². The van der Waals surface area contributed by atoms with Crippen molar-refractivity contribution in [2.24, 2.45) is 0 Å². The molecular weight excluding hydrogens is 293 g/mol. The summed E-state index contributed by atoms with van der Waals surface area (Å²) in [6.07, 6.45) is -5.42. The third-order valence-electron chi connectivity index (χ3n) is 3.37. The van der Waals surface area contributed by atoms with Gasteiger partial charge in [-0.3, -0.25) is 4.79 Å². The fourth-order valence-electron chi connectivity index (χ4n) is 2.15. The number of benzene rings is 2. The van der Waals surface area contributed by atoms with E-state index in [9.17, 15) is 18.0 Å². The Bertz CT molecular complexity index is 666. The van der Waals surface area contributed by atoms with Gasteiger partial charge in [-0.05, 0) is 36.2 Å². The Morgan fingerprint density at radius 3 is 2.09 bits per heavy atom. The zero-order valence-electron chi connectivity index (χ0n) is 12.1. The second-order valence-corrected chi connectivity index (χ2v) is 4.87. The molecule has 0 radical (unpaired) electrons. The van der Waals surface area contributed by atoms with Crippen LogP contribution in [0.15, 0.2) is 42.5 Å². The van der Waals surface area contributed by atoms with Gasteiger partial charge in [-0.1, -0.05) is 24.3 Å². The van der Waals surface area contributed by atoms with Crippen molar-refractivity contribution in [1.82, 2.24) is 0 Å². The van der Waals surface area contributed by atoms with Crippen LogP contribution in [0, 0.1) is 6.92 Å². The fourth-order valence-corrected chi connectivity index (χ4v) is 2.15. The second-order valence-electron chi connectivity index (χ2n) is 4.87. The van der Waals surface area contributed by atoms with E-state index in [1.54, 1.807) is 25.3 Å². The Hall–Kier alpha value is -2.30. The highest BCUT2D eigenvalue weighted by atomic mass is 19.3. The largest absolute Gasteiger partial charge is 0.496 e. The lowest BCUT2D eigenvalue weighted by Gasteiger charge is -2.09. The summed E-state index contributed by atoms with van der Waals surface area (Å²) in [6.45, 7) is 1.81. The van der Waals surface area contributed by atoms with E-state index >= 15 is 0 Å². The summed E-state index contributed by atoms with van der Waals surface area (Å²) in [5.41, 5.74) is 1.44. The summed E-state index contributed by atoms with van der Waals surface area (Å²) < 4.78 is 42.9. The van der Waals surface area contributed by atoms with Crippen LogP contribution in [0.2, 0.25) is 0 Å². The van der Waals surface area contributed by atoms with E-state index in [1.807, 2.05) is 6.92 Å². The monoisotopic (exact) mass is 308 g/mol. The molecule has 2 aromatic rings. The molecule has 0 bridgehead atoms. The Morgan fingerprint density at radius 2 is 1.59 bits per heavy atom. The van der Waals surface area contributed by atoms with Gasteiger partial charge in [-0.2, -0.15) is 0 Å². The van der Waals surface area contributed by atoms with E-state index in [2.05, 4.69) is 0 Å². The number of halogens is 3. The van der Waals surface area contributed by atoms with Crippen molar-refractivity contribution in [3.8, 4) is 5.75 Å². The molecule has 2 nitrogen and oxygen atoms in total. The number of aryl methyl sites for hydroxylation is 1. The lowest BCUT2D eigenvalue weighted by molar-refractivity contribution is 0.0496. The van der Waals surface area contributed by atoms with Crippen molar-refractivity contribution in [3.63, 3.8) is 0 Å². The molecule has 1 unspecified atom stereocenters. The van der Waals surface area contributed by atoms with Gasteiger partial charge < -0.3 is 4.74 Å². The average molecular weight is 308 g/mol. The lowest BCUT2D eigenvalue weighted by Crippen LogP contribution is -2.05. The van der Waals surface area contributed by atoms with E-state index in [-0.39, 0.29) is 11.3 Å². The molecule has 0 saturated heterocycles. The molecule has 0 aliphatic rings. The zero-order chi connectivity index (χ0) is 16.3. The first-order valence-corrected chi connectivity index (χ1v) is 6.65. The number of ether oxygens (including phenoxy) is 1. The molecule has 0 saturated carbocycles. The highest BCUT2D eigenvalue weighted by molar-refractivity contribution is 6.09. The van der Waals surface area contributed by atoms with Crippen molar-refractivity contribution < 1.29 is 22.7 Å². The zero-order valence-corrected chi connectivity index (χ0v) is 12.1. The van der Waals surface area contributed by atoms with E-state index in [4.69, 9.17) is 4.74 Å².